The molecule has 2 aliphatic rings. The van der Waals surface area contributed by atoms with Crippen molar-refractivity contribution in [2.75, 3.05) is 0 Å². The van der Waals surface area contributed by atoms with Crippen molar-refractivity contribution in [3.05, 3.63) is 11.1 Å². The molecule has 0 bridgehead atoms. The van der Waals surface area contributed by atoms with Crippen LogP contribution in [0.2, 0.25) is 0 Å². The Morgan fingerprint density at radius 2 is 1.94 bits per heavy atom. The minimum absolute atomic E-state index is 0.0768. The zero-order valence-corrected chi connectivity index (χ0v) is 12.1. The van der Waals surface area contributed by atoms with E-state index in [0.717, 1.165) is 6.42 Å². The number of aliphatic hydroxyl groups is 1. The fourth-order valence-corrected chi connectivity index (χ4v) is 3.83. The summed E-state index contributed by atoms with van der Waals surface area (Å²) in [5, 5.41) is 10.1. The maximum Gasteiger partial charge on any atom is 0.0571 e. The Morgan fingerprint density at radius 3 is 2.53 bits per heavy atom. The molecule has 0 aromatic rings. The van der Waals surface area contributed by atoms with Gasteiger partial charge in [-0.05, 0) is 55.8 Å². The van der Waals surface area contributed by atoms with Gasteiger partial charge in [-0.15, -0.1) is 0 Å². The van der Waals surface area contributed by atoms with Gasteiger partial charge in [0.2, 0.25) is 0 Å². The van der Waals surface area contributed by atoms with Crippen LogP contribution in [0.1, 0.15) is 66.7 Å². The number of hydrogen-bond donors (Lipinski definition) is 1. The average molecular weight is 236 g/mol. The van der Waals surface area contributed by atoms with Gasteiger partial charge in [0.25, 0.3) is 0 Å². The normalized spacial score (nSPS) is 38.8. The van der Waals surface area contributed by atoms with E-state index in [1.54, 1.807) is 11.1 Å². The Hall–Kier alpha value is -0.300. The van der Waals surface area contributed by atoms with E-state index in [1.165, 1.54) is 25.7 Å². The highest BCUT2D eigenvalue weighted by atomic mass is 16.3. The van der Waals surface area contributed by atoms with Crippen LogP contribution >= 0.6 is 0 Å². The lowest BCUT2D eigenvalue weighted by Gasteiger charge is -2.49. The van der Waals surface area contributed by atoms with Crippen LogP contribution in [0.3, 0.4) is 0 Å². The average Bonchev–Trinajstić information content (AvgIpc) is 2.21. The van der Waals surface area contributed by atoms with Crippen molar-refractivity contribution in [3.63, 3.8) is 0 Å². The SMILES string of the molecule is CC(O)C1(C)CC2=C(CCCC2(C)C)CC1C. The molecule has 3 unspecified atom stereocenters. The second-order valence-electron chi connectivity index (χ2n) is 7.28. The molecule has 0 heterocycles. The first-order valence-corrected chi connectivity index (χ1v) is 7.17. The van der Waals surface area contributed by atoms with Crippen LogP contribution in [-0.2, 0) is 0 Å². The Morgan fingerprint density at radius 1 is 1.29 bits per heavy atom. The molecule has 0 saturated carbocycles. The van der Waals surface area contributed by atoms with Crippen LogP contribution in [0, 0.1) is 16.7 Å². The number of allylic oxidation sites excluding steroid dienone is 2. The van der Waals surface area contributed by atoms with Gasteiger partial charge in [0, 0.05) is 0 Å². The molecule has 2 rings (SSSR count). The summed E-state index contributed by atoms with van der Waals surface area (Å²) in [5.74, 6) is 0.607. The summed E-state index contributed by atoms with van der Waals surface area (Å²) in [6, 6.07) is 0. The summed E-state index contributed by atoms with van der Waals surface area (Å²) in [6.07, 6.45) is 6.08. The van der Waals surface area contributed by atoms with Crippen LogP contribution in [-0.4, -0.2) is 11.2 Å². The molecule has 0 fully saturated rings. The predicted octanol–water partition coefficient (Wildman–Crippen LogP) is 4.31. The zero-order chi connectivity index (χ0) is 12.8. The van der Waals surface area contributed by atoms with E-state index < -0.39 is 0 Å². The smallest absolute Gasteiger partial charge is 0.0571 e. The number of hydrogen-bond acceptors (Lipinski definition) is 1. The van der Waals surface area contributed by atoms with Crippen molar-refractivity contribution in [1.29, 1.82) is 0 Å². The quantitative estimate of drug-likeness (QED) is 0.673. The van der Waals surface area contributed by atoms with Crippen molar-refractivity contribution in [1.82, 2.24) is 0 Å². The van der Waals surface area contributed by atoms with Crippen LogP contribution in [0.15, 0.2) is 11.1 Å². The molecule has 0 aromatic carbocycles. The van der Waals surface area contributed by atoms with Crippen LogP contribution in [0.25, 0.3) is 0 Å². The second-order valence-corrected chi connectivity index (χ2v) is 7.28. The van der Waals surface area contributed by atoms with Gasteiger partial charge >= 0.3 is 0 Å². The van der Waals surface area contributed by atoms with Crippen molar-refractivity contribution in [2.45, 2.75) is 72.8 Å². The van der Waals surface area contributed by atoms with Crippen molar-refractivity contribution >= 4 is 0 Å². The first-order chi connectivity index (χ1) is 7.77. The lowest BCUT2D eigenvalue weighted by atomic mass is 9.57. The van der Waals surface area contributed by atoms with Crippen molar-refractivity contribution in [2.24, 2.45) is 16.7 Å². The van der Waals surface area contributed by atoms with E-state index in [9.17, 15) is 5.11 Å². The van der Waals surface area contributed by atoms with Gasteiger partial charge in [0.15, 0.2) is 0 Å². The fourth-order valence-electron chi connectivity index (χ4n) is 3.83. The first kappa shape index (κ1) is 13.1. The van der Waals surface area contributed by atoms with Crippen LogP contribution in [0.4, 0.5) is 0 Å². The van der Waals surface area contributed by atoms with Gasteiger partial charge in [-0.2, -0.15) is 0 Å². The molecule has 1 N–H and O–H groups in total. The van der Waals surface area contributed by atoms with Gasteiger partial charge in [-0.1, -0.05) is 38.8 Å². The minimum Gasteiger partial charge on any atom is -0.393 e. The molecule has 0 radical (unpaired) electrons. The molecule has 98 valence electrons. The number of aliphatic hydroxyl groups excluding tert-OH is 1. The van der Waals surface area contributed by atoms with Gasteiger partial charge in [-0.25, -0.2) is 0 Å². The van der Waals surface area contributed by atoms with E-state index in [0.29, 0.717) is 11.3 Å². The van der Waals surface area contributed by atoms with Gasteiger partial charge in [-0.3, -0.25) is 0 Å². The molecular formula is C16H28O. The monoisotopic (exact) mass is 236 g/mol. The second kappa shape index (κ2) is 4.12. The molecule has 1 nitrogen and oxygen atoms in total. The molecule has 0 spiro atoms. The third kappa shape index (κ3) is 2.07. The third-order valence-corrected chi connectivity index (χ3v) is 5.71. The fraction of sp³-hybridized carbons (Fsp3) is 0.875. The molecule has 0 aliphatic heterocycles. The van der Waals surface area contributed by atoms with Crippen molar-refractivity contribution < 1.29 is 5.11 Å². The van der Waals surface area contributed by atoms with Gasteiger partial charge in [0.05, 0.1) is 6.10 Å². The summed E-state index contributed by atoms with van der Waals surface area (Å²) in [6.45, 7) is 11.3. The predicted molar refractivity (Wildman–Crippen MR) is 72.8 cm³/mol. The maximum absolute atomic E-state index is 10.1. The molecule has 1 heteroatoms. The molecular weight excluding hydrogens is 208 g/mol. The van der Waals surface area contributed by atoms with E-state index >= 15 is 0 Å². The largest absolute Gasteiger partial charge is 0.393 e. The number of rotatable bonds is 1. The molecule has 3 atom stereocenters. The lowest BCUT2D eigenvalue weighted by Crippen LogP contribution is -2.42. The highest BCUT2D eigenvalue weighted by Gasteiger charge is 2.44. The summed E-state index contributed by atoms with van der Waals surface area (Å²) in [7, 11) is 0. The molecule has 0 saturated heterocycles. The lowest BCUT2D eigenvalue weighted by molar-refractivity contribution is -0.00126. The van der Waals surface area contributed by atoms with E-state index in [-0.39, 0.29) is 11.5 Å². The Labute approximate surface area is 106 Å². The molecule has 2 aliphatic carbocycles. The summed E-state index contributed by atoms with van der Waals surface area (Å²) in [4.78, 5) is 0. The summed E-state index contributed by atoms with van der Waals surface area (Å²) in [5.41, 5.74) is 3.83. The molecule has 0 amide bonds. The standard InChI is InChI=1S/C16H28O/c1-11-9-13-7-6-8-15(3,4)14(13)10-16(11,5)12(2)17/h11-12,17H,6-10H2,1-5H3. The topological polar surface area (TPSA) is 20.2 Å². The zero-order valence-electron chi connectivity index (χ0n) is 12.1. The van der Waals surface area contributed by atoms with Gasteiger partial charge < -0.3 is 5.11 Å². The Kier molecular flexibility index (Phi) is 3.18. The highest BCUT2D eigenvalue weighted by Crippen LogP contribution is 2.54. The molecule has 0 aromatic heterocycles. The Bertz CT molecular complexity index is 337. The summed E-state index contributed by atoms with van der Waals surface area (Å²) < 4.78 is 0. The van der Waals surface area contributed by atoms with E-state index in [4.69, 9.17) is 0 Å². The van der Waals surface area contributed by atoms with Crippen molar-refractivity contribution in [3.8, 4) is 0 Å². The highest BCUT2D eigenvalue weighted by molar-refractivity contribution is 5.29. The van der Waals surface area contributed by atoms with E-state index in [1.807, 2.05) is 6.92 Å². The summed E-state index contributed by atoms with van der Waals surface area (Å²) >= 11 is 0. The van der Waals surface area contributed by atoms with E-state index in [2.05, 4.69) is 27.7 Å². The maximum atomic E-state index is 10.1. The first-order valence-electron chi connectivity index (χ1n) is 7.17. The van der Waals surface area contributed by atoms with Gasteiger partial charge in [0.1, 0.15) is 0 Å². The molecule has 17 heavy (non-hydrogen) atoms. The van der Waals surface area contributed by atoms with Crippen LogP contribution < -0.4 is 0 Å². The van der Waals surface area contributed by atoms with Crippen LogP contribution in [0.5, 0.6) is 0 Å². The third-order valence-electron chi connectivity index (χ3n) is 5.71. The minimum atomic E-state index is -0.204. The Balaban J connectivity index is 2.37.